The number of ether oxygens (including phenoxy) is 3. The van der Waals surface area contributed by atoms with Gasteiger partial charge >= 0.3 is 11.9 Å². The van der Waals surface area contributed by atoms with Gasteiger partial charge in [-0.25, -0.2) is 19.0 Å². The topological polar surface area (TPSA) is 74.2 Å². The molecule has 3 aromatic rings. The second-order valence-corrected chi connectivity index (χ2v) is 7.04. The van der Waals surface area contributed by atoms with Gasteiger partial charge in [0.15, 0.2) is 17.2 Å². The van der Waals surface area contributed by atoms with Crippen LogP contribution in [-0.2, 0) is 9.53 Å². The molecular formula is C24H15ClFNO5. The molecule has 6 nitrogen and oxygen atoms in total. The summed E-state index contributed by atoms with van der Waals surface area (Å²) < 4.78 is 29.3. The largest absolute Gasteiger partial charge is 0.493 e. The SMILES string of the molecule is COc1cc(/C=C2\N=C(c3cccc(F)c3)OC2=O)cc(Cl)c1OC(=O)c1ccccc1. The normalized spacial score (nSPS) is 14.2. The first kappa shape index (κ1) is 21.3. The van der Waals surface area contributed by atoms with Gasteiger partial charge in [-0.2, -0.15) is 0 Å². The van der Waals surface area contributed by atoms with E-state index in [-0.39, 0.29) is 28.1 Å². The number of methoxy groups -OCH3 is 1. The number of esters is 2. The molecule has 4 rings (SSSR count). The molecule has 0 bridgehead atoms. The molecule has 0 saturated heterocycles. The number of benzene rings is 3. The van der Waals surface area contributed by atoms with Gasteiger partial charge in [0.2, 0.25) is 5.90 Å². The first-order valence-electron chi connectivity index (χ1n) is 9.38. The minimum absolute atomic E-state index is 0.00332. The lowest BCUT2D eigenvalue weighted by Crippen LogP contribution is -2.09. The Hall–Kier alpha value is -3.97. The highest BCUT2D eigenvalue weighted by Crippen LogP contribution is 2.38. The maximum Gasteiger partial charge on any atom is 0.363 e. The van der Waals surface area contributed by atoms with Crippen molar-refractivity contribution >= 4 is 35.5 Å². The Morgan fingerprint density at radius 1 is 1.09 bits per heavy atom. The van der Waals surface area contributed by atoms with Crippen molar-refractivity contribution in [2.75, 3.05) is 7.11 Å². The van der Waals surface area contributed by atoms with Crippen LogP contribution in [0.3, 0.4) is 0 Å². The van der Waals surface area contributed by atoms with Crippen LogP contribution < -0.4 is 9.47 Å². The highest BCUT2D eigenvalue weighted by Gasteiger charge is 2.25. The van der Waals surface area contributed by atoms with Crippen molar-refractivity contribution in [3.05, 3.63) is 100.0 Å². The molecule has 32 heavy (non-hydrogen) atoms. The van der Waals surface area contributed by atoms with Crippen LogP contribution in [0.5, 0.6) is 11.5 Å². The molecule has 0 aromatic heterocycles. The summed E-state index contributed by atoms with van der Waals surface area (Å²) in [5.74, 6) is -1.54. The molecule has 0 N–H and O–H groups in total. The zero-order valence-corrected chi connectivity index (χ0v) is 17.4. The molecule has 0 saturated carbocycles. The number of nitrogens with zero attached hydrogens (tertiary/aromatic N) is 1. The van der Waals surface area contributed by atoms with E-state index in [0.29, 0.717) is 16.7 Å². The summed E-state index contributed by atoms with van der Waals surface area (Å²) in [6.07, 6.45) is 1.44. The molecule has 160 valence electrons. The van der Waals surface area contributed by atoms with Gasteiger partial charge in [0.1, 0.15) is 5.82 Å². The monoisotopic (exact) mass is 451 g/mol. The van der Waals surface area contributed by atoms with E-state index < -0.39 is 17.8 Å². The number of carbonyl (C=O) groups is 2. The number of aliphatic imine (C=N–C) groups is 1. The van der Waals surface area contributed by atoms with Gasteiger partial charge in [-0.3, -0.25) is 0 Å². The van der Waals surface area contributed by atoms with Crippen LogP contribution in [-0.4, -0.2) is 24.9 Å². The third-order valence-corrected chi connectivity index (χ3v) is 4.73. The van der Waals surface area contributed by atoms with Gasteiger partial charge in [-0.05, 0) is 54.1 Å². The second-order valence-electron chi connectivity index (χ2n) is 6.64. The van der Waals surface area contributed by atoms with Crippen LogP contribution in [0.15, 0.2) is 77.4 Å². The Labute approximate surface area is 187 Å². The fourth-order valence-electron chi connectivity index (χ4n) is 2.96. The van der Waals surface area contributed by atoms with Crippen molar-refractivity contribution in [3.63, 3.8) is 0 Å². The molecule has 0 amide bonds. The fourth-order valence-corrected chi connectivity index (χ4v) is 3.22. The number of rotatable bonds is 5. The third kappa shape index (κ3) is 4.53. The van der Waals surface area contributed by atoms with Gasteiger partial charge in [0.05, 0.1) is 17.7 Å². The van der Waals surface area contributed by atoms with Crippen molar-refractivity contribution in [2.45, 2.75) is 0 Å². The Balaban J connectivity index is 1.63. The Morgan fingerprint density at radius 2 is 1.88 bits per heavy atom. The van der Waals surface area contributed by atoms with Crippen molar-refractivity contribution in [1.82, 2.24) is 0 Å². The van der Waals surface area contributed by atoms with Gasteiger partial charge in [-0.1, -0.05) is 35.9 Å². The number of hydrogen-bond acceptors (Lipinski definition) is 6. The summed E-state index contributed by atoms with van der Waals surface area (Å²) in [5.41, 5.74) is 1.14. The van der Waals surface area contributed by atoms with Gasteiger partial charge < -0.3 is 14.2 Å². The predicted octanol–water partition coefficient (Wildman–Crippen LogP) is 5.05. The summed E-state index contributed by atoms with van der Waals surface area (Å²) >= 11 is 6.33. The average molecular weight is 452 g/mol. The quantitative estimate of drug-likeness (QED) is 0.308. The lowest BCUT2D eigenvalue weighted by atomic mass is 10.1. The highest BCUT2D eigenvalue weighted by molar-refractivity contribution is 6.32. The van der Waals surface area contributed by atoms with Crippen molar-refractivity contribution < 1.29 is 28.2 Å². The zero-order chi connectivity index (χ0) is 22.7. The lowest BCUT2D eigenvalue weighted by molar-refractivity contribution is -0.129. The number of hydrogen-bond donors (Lipinski definition) is 0. The molecule has 1 aliphatic heterocycles. The van der Waals surface area contributed by atoms with E-state index in [1.807, 2.05) is 0 Å². The average Bonchev–Trinajstić information content (AvgIpc) is 3.16. The van der Waals surface area contributed by atoms with Crippen molar-refractivity contribution in [2.24, 2.45) is 4.99 Å². The summed E-state index contributed by atoms with van der Waals surface area (Å²) in [6.45, 7) is 0. The first-order valence-corrected chi connectivity index (χ1v) is 9.75. The van der Waals surface area contributed by atoms with Gasteiger partial charge in [-0.15, -0.1) is 0 Å². The Morgan fingerprint density at radius 3 is 2.59 bits per heavy atom. The summed E-state index contributed by atoms with van der Waals surface area (Å²) in [5, 5.41) is 0.0983. The highest BCUT2D eigenvalue weighted by atomic mass is 35.5. The van der Waals surface area contributed by atoms with E-state index in [2.05, 4.69) is 4.99 Å². The van der Waals surface area contributed by atoms with Crippen molar-refractivity contribution in [3.8, 4) is 11.5 Å². The fraction of sp³-hybridized carbons (Fsp3) is 0.0417. The molecule has 0 spiro atoms. The predicted molar refractivity (Wildman–Crippen MR) is 116 cm³/mol. The summed E-state index contributed by atoms with van der Waals surface area (Å²) in [4.78, 5) is 28.7. The molecule has 3 aromatic carbocycles. The van der Waals surface area contributed by atoms with Crippen LogP contribution in [0.1, 0.15) is 21.5 Å². The van der Waals surface area contributed by atoms with E-state index >= 15 is 0 Å². The van der Waals surface area contributed by atoms with Crippen LogP contribution >= 0.6 is 11.6 Å². The first-order chi connectivity index (χ1) is 15.4. The minimum atomic E-state index is -0.695. The number of carbonyl (C=O) groups excluding carboxylic acids is 2. The van der Waals surface area contributed by atoms with Crippen LogP contribution in [0.2, 0.25) is 5.02 Å². The maximum absolute atomic E-state index is 13.5. The molecule has 8 heteroatoms. The molecular weight excluding hydrogens is 437 g/mol. The maximum atomic E-state index is 13.5. The number of halogens is 2. The Bertz CT molecular complexity index is 1270. The second kappa shape index (κ2) is 9.03. The van der Waals surface area contributed by atoms with Crippen molar-refractivity contribution in [1.29, 1.82) is 0 Å². The van der Waals surface area contributed by atoms with Gasteiger partial charge in [0.25, 0.3) is 0 Å². The van der Waals surface area contributed by atoms with E-state index in [4.69, 9.17) is 25.8 Å². The third-order valence-electron chi connectivity index (χ3n) is 4.45. The standard InChI is InChI=1S/C24H15ClFNO5/c1-30-20-12-14(10-18(25)21(20)31-23(28)15-6-3-2-4-7-15)11-19-24(29)32-22(27-19)16-8-5-9-17(26)13-16/h2-13H,1H3/b19-11-. The molecule has 0 unspecified atom stereocenters. The smallest absolute Gasteiger partial charge is 0.363 e. The lowest BCUT2D eigenvalue weighted by Gasteiger charge is -2.12. The van der Waals surface area contributed by atoms with E-state index in [1.54, 1.807) is 36.4 Å². The molecule has 1 aliphatic rings. The van der Waals surface area contributed by atoms with E-state index in [0.717, 1.165) is 0 Å². The summed E-state index contributed by atoms with van der Waals surface area (Å²) in [7, 11) is 1.40. The molecule has 0 atom stereocenters. The molecule has 0 aliphatic carbocycles. The molecule has 0 fully saturated rings. The Kier molecular flexibility index (Phi) is 6.00. The summed E-state index contributed by atoms with van der Waals surface area (Å²) in [6, 6.07) is 17.0. The van der Waals surface area contributed by atoms with Gasteiger partial charge in [0, 0.05) is 5.56 Å². The number of cyclic esters (lactones) is 1. The zero-order valence-electron chi connectivity index (χ0n) is 16.7. The van der Waals surface area contributed by atoms with E-state index in [1.165, 1.54) is 43.5 Å². The van der Waals surface area contributed by atoms with Crippen LogP contribution in [0.4, 0.5) is 4.39 Å². The molecule has 1 heterocycles. The van der Waals surface area contributed by atoms with E-state index in [9.17, 15) is 14.0 Å². The minimum Gasteiger partial charge on any atom is -0.493 e. The van der Waals surface area contributed by atoms with Crippen LogP contribution in [0.25, 0.3) is 6.08 Å². The van der Waals surface area contributed by atoms with Crippen LogP contribution in [0, 0.1) is 5.82 Å². The molecule has 0 radical (unpaired) electrons.